The van der Waals surface area contributed by atoms with Crippen LogP contribution in [0.15, 0.2) is 53.7 Å². The van der Waals surface area contributed by atoms with Crippen molar-refractivity contribution in [3.05, 3.63) is 87.7 Å². The minimum atomic E-state index is -3.81. The standard InChI is InChI=1S/C24H27N3O3S/c1-15-10-18(4)23(19(5)11-15)31(29,30)27-22-12-20(7-6-17(22)3)24(28)26-14-21-13-25-9-8-16(21)2/h6-13,27H,14H2,1-5H3,(H,26,28). The number of rotatable bonds is 6. The molecular formula is C24H27N3O3S. The first-order chi connectivity index (χ1) is 14.6. The fourth-order valence-corrected chi connectivity index (χ4v) is 5.20. The highest BCUT2D eigenvalue weighted by molar-refractivity contribution is 7.92. The van der Waals surface area contributed by atoms with Crippen LogP contribution in [0.5, 0.6) is 0 Å². The van der Waals surface area contributed by atoms with Crippen molar-refractivity contribution in [2.24, 2.45) is 0 Å². The van der Waals surface area contributed by atoms with E-state index in [4.69, 9.17) is 0 Å². The number of carbonyl (C=O) groups is 1. The number of hydrogen-bond acceptors (Lipinski definition) is 4. The second-order valence-electron chi connectivity index (χ2n) is 7.85. The lowest BCUT2D eigenvalue weighted by Gasteiger charge is -2.16. The molecule has 0 radical (unpaired) electrons. The Morgan fingerprint density at radius 1 is 0.903 bits per heavy atom. The third-order valence-electron chi connectivity index (χ3n) is 5.20. The van der Waals surface area contributed by atoms with Crippen LogP contribution in [0.4, 0.5) is 5.69 Å². The van der Waals surface area contributed by atoms with Gasteiger partial charge < -0.3 is 5.32 Å². The van der Waals surface area contributed by atoms with Crippen molar-refractivity contribution in [1.29, 1.82) is 0 Å². The molecule has 1 aromatic heterocycles. The third-order valence-corrected chi connectivity index (χ3v) is 6.87. The van der Waals surface area contributed by atoms with Gasteiger partial charge >= 0.3 is 0 Å². The molecule has 0 aliphatic heterocycles. The molecule has 1 heterocycles. The topological polar surface area (TPSA) is 88.2 Å². The van der Waals surface area contributed by atoms with E-state index < -0.39 is 10.0 Å². The molecule has 162 valence electrons. The maximum Gasteiger partial charge on any atom is 0.262 e. The molecule has 2 N–H and O–H groups in total. The minimum absolute atomic E-state index is 0.263. The second kappa shape index (κ2) is 8.89. The number of anilines is 1. The highest BCUT2D eigenvalue weighted by atomic mass is 32.2. The fraction of sp³-hybridized carbons (Fsp3) is 0.250. The molecule has 7 heteroatoms. The molecule has 0 aliphatic carbocycles. The number of carbonyl (C=O) groups excluding carboxylic acids is 1. The van der Waals surface area contributed by atoms with Crippen LogP contribution in [0, 0.1) is 34.6 Å². The lowest BCUT2D eigenvalue weighted by Crippen LogP contribution is -2.24. The van der Waals surface area contributed by atoms with Crippen LogP contribution in [0.2, 0.25) is 0 Å². The van der Waals surface area contributed by atoms with Crippen LogP contribution >= 0.6 is 0 Å². The van der Waals surface area contributed by atoms with Gasteiger partial charge in [0, 0.05) is 24.5 Å². The Kier molecular flexibility index (Phi) is 6.45. The van der Waals surface area contributed by atoms with Gasteiger partial charge in [-0.15, -0.1) is 0 Å². The van der Waals surface area contributed by atoms with Crippen molar-refractivity contribution >= 4 is 21.6 Å². The summed E-state index contributed by atoms with van der Waals surface area (Å²) in [6.07, 6.45) is 3.42. The lowest BCUT2D eigenvalue weighted by molar-refractivity contribution is 0.0951. The number of benzene rings is 2. The molecule has 3 rings (SSSR count). The molecule has 3 aromatic rings. The molecule has 0 atom stereocenters. The monoisotopic (exact) mass is 437 g/mol. The van der Waals surface area contributed by atoms with Crippen LogP contribution in [0.25, 0.3) is 0 Å². The van der Waals surface area contributed by atoms with Crippen LogP contribution in [0.3, 0.4) is 0 Å². The number of amides is 1. The molecule has 0 saturated carbocycles. The maximum absolute atomic E-state index is 13.1. The summed E-state index contributed by atoms with van der Waals surface area (Å²) in [4.78, 5) is 17.0. The Hall–Kier alpha value is -3.19. The summed E-state index contributed by atoms with van der Waals surface area (Å²) >= 11 is 0. The molecule has 1 amide bonds. The number of sulfonamides is 1. The fourth-order valence-electron chi connectivity index (χ4n) is 3.62. The van der Waals surface area contributed by atoms with Gasteiger partial charge in [-0.1, -0.05) is 23.8 Å². The van der Waals surface area contributed by atoms with E-state index in [1.807, 2.05) is 32.0 Å². The zero-order chi connectivity index (χ0) is 22.8. The summed E-state index contributed by atoms with van der Waals surface area (Å²) in [5, 5.41) is 2.87. The zero-order valence-electron chi connectivity index (χ0n) is 18.4. The van der Waals surface area contributed by atoms with Crippen LogP contribution in [-0.4, -0.2) is 19.3 Å². The molecule has 6 nitrogen and oxygen atoms in total. The average molecular weight is 438 g/mol. The molecule has 0 bridgehead atoms. The Morgan fingerprint density at radius 3 is 2.23 bits per heavy atom. The van der Waals surface area contributed by atoms with Gasteiger partial charge in [0.1, 0.15) is 0 Å². The SMILES string of the molecule is Cc1cc(C)c(S(=O)(=O)Nc2cc(C(=O)NCc3cnccc3C)ccc2C)c(C)c1. The van der Waals surface area contributed by atoms with E-state index in [0.29, 0.717) is 28.9 Å². The average Bonchev–Trinajstić information content (AvgIpc) is 2.67. The molecule has 31 heavy (non-hydrogen) atoms. The molecule has 0 fully saturated rings. The van der Waals surface area contributed by atoms with E-state index >= 15 is 0 Å². The van der Waals surface area contributed by atoms with Gasteiger partial charge in [-0.25, -0.2) is 8.42 Å². The summed E-state index contributed by atoms with van der Waals surface area (Å²) in [5.41, 5.74) is 5.82. The summed E-state index contributed by atoms with van der Waals surface area (Å²) in [6.45, 7) is 9.60. The lowest BCUT2D eigenvalue weighted by atomic mass is 10.1. The predicted octanol–water partition coefficient (Wildman–Crippen LogP) is 4.35. The first-order valence-electron chi connectivity index (χ1n) is 9.97. The van der Waals surface area contributed by atoms with Crippen molar-refractivity contribution in [3.8, 4) is 0 Å². The number of nitrogens with zero attached hydrogens (tertiary/aromatic N) is 1. The quantitative estimate of drug-likeness (QED) is 0.600. The number of nitrogens with one attached hydrogen (secondary N) is 2. The first-order valence-corrected chi connectivity index (χ1v) is 11.5. The Bertz CT molecular complexity index is 1230. The van der Waals surface area contributed by atoms with Crippen molar-refractivity contribution < 1.29 is 13.2 Å². The number of aromatic nitrogens is 1. The van der Waals surface area contributed by atoms with Crippen LogP contribution in [-0.2, 0) is 16.6 Å². The molecule has 0 saturated heterocycles. The van der Waals surface area contributed by atoms with Crippen molar-refractivity contribution in [1.82, 2.24) is 10.3 Å². The highest BCUT2D eigenvalue weighted by Crippen LogP contribution is 2.26. The molecule has 0 spiro atoms. The Labute approximate surface area is 183 Å². The maximum atomic E-state index is 13.1. The summed E-state index contributed by atoms with van der Waals surface area (Å²) in [5.74, 6) is -0.286. The van der Waals surface area contributed by atoms with E-state index in [2.05, 4.69) is 15.0 Å². The Morgan fingerprint density at radius 2 is 1.58 bits per heavy atom. The van der Waals surface area contributed by atoms with Crippen LogP contribution in [0.1, 0.15) is 43.7 Å². The van der Waals surface area contributed by atoms with Gasteiger partial charge in [-0.2, -0.15) is 0 Å². The van der Waals surface area contributed by atoms with Crippen LogP contribution < -0.4 is 10.0 Å². The third kappa shape index (κ3) is 5.11. The molecule has 0 aliphatic rings. The normalized spacial score (nSPS) is 11.3. The van der Waals surface area contributed by atoms with Gasteiger partial charge in [0.05, 0.1) is 10.6 Å². The number of hydrogen-bond donors (Lipinski definition) is 2. The van der Waals surface area contributed by atoms with Gasteiger partial charge in [-0.05, 0) is 80.6 Å². The van der Waals surface area contributed by atoms with E-state index in [1.165, 1.54) is 0 Å². The zero-order valence-corrected chi connectivity index (χ0v) is 19.2. The van der Waals surface area contributed by atoms with Gasteiger partial charge in [0.15, 0.2) is 0 Å². The Balaban J connectivity index is 1.84. The van der Waals surface area contributed by atoms with Gasteiger partial charge in [0.2, 0.25) is 0 Å². The van der Waals surface area contributed by atoms with E-state index in [0.717, 1.165) is 22.3 Å². The second-order valence-corrected chi connectivity index (χ2v) is 9.47. The van der Waals surface area contributed by atoms with E-state index in [1.54, 1.807) is 51.4 Å². The number of aryl methyl sites for hydroxylation is 5. The number of pyridine rings is 1. The first kappa shape index (κ1) is 22.5. The van der Waals surface area contributed by atoms with Gasteiger partial charge in [-0.3, -0.25) is 14.5 Å². The summed E-state index contributed by atoms with van der Waals surface area (Å²) in [6, 6.07) is 10.6. The molecule has 0 unspecified atom stereocenters. The summed E-state index contributed by atoms with van der Waals surface area (Å²) in [7, 11) is -3.81. The predicted molar refractivity (Wildman–Crippen MR) is 123 cm³/mol. The van der Waals surface area contributed by atoms with Crippen molar-refractivity contribution in [2.75, 3.05) is 4.72 Å². The smallest absolute Gasteiger partial charge is 0.262 e. The van der Waals surface area contributed by atoms with E-state index in [-0.39, 0.29) is 10.8 Å². The summed E-state index contributed by atoms with van der Waals surface area (Å²) < 4.78 is 28.9. The van der Waals surface area contributed by atoms with E-state index in [9.17, 15) is 13.2 Å². The largest absolute Gasteiger partial charge is 0.348 e. The molecule has 2 aromatic carbocycles. The van der Waals surface area contributed by atoms with Crippen molar-refractivity contribution in [2.45, 2.75) is 46.1 Å². The highest BCUT2D eigenvalue weighted by Gasteiger charge is 2.21. The van der Waals surface area contributed by atoms with Crippen molar-refractivity contribution in [3.63, 3.8) is 0 Å². The van der Waals surface area contributed by atoms with Gasteiger partial charge in [0.25, 0.3) is 15.9 Å². The minimum Gasteiger partial charge on any atom is -0.348 e. The molecular weight excluding hydrogens is 410 g/mol.